The molecule has 0 bridgehead atoms. The van der Waals surface area contributed by atoms with Gasteiger partial charge in [-0.2, -0.15) is 0 Å². The summed E-state index contributed by atoms with van der Waals surface area (Å²) in [6, 6.07) is 10.3. The molecule has 0 radical (unpaired) electrons. The largest absolute Gasteiger partial charge is 0.463 e. The number of carbonyl (C=O) groups excluding carboxylic acids is 2. The van der Waals surface area contributed by atoms with Crippen LogP contribution >= 0.6 is 35.0 Å². The first-order valence-corrected chi connectivity index (χ1v) is 12.1. The van der Waals surface area contributed by atoms with Gasteiger partial charge in [-0.25, -0.2) is 9.79 Å². The van der Waals surface area contributed by atoms with Crippen LogP contribution in [0.4, 0.5) is 5.69 Å². The second-order valence-electron chi connectivity index (χ2n) is 7.47. The Balaban J connectivity index is 1.83. The number of amidine groups is 1. The summed E-state index contributed by atoms with van der Waals surface area (Å²) in [5.41, 5.74) is 4.33. The summed E-state index contributed by atoms with van der Waals surface area (Å²) >= 11 is 13.9. The normalized spacial score (nSPS) is 15.6. The number of esters is 1. The Kier molecular flexibility index (Phi) is 8.46. The highest BCUT2D eigenvalue weighted by Crippen LogP contribution is 2.39. The van der Waals surface area contributed by atoms with Crippen molar-refractivity contribution in [1.29, 1.82) is 0 Å². The lowest BCUT2D eigenvalue weighted by molar-refractivity contribution is -0.139. The Bertz CT molecular complexity index is 1130. The number of thioether (sulfide) groups is 1. The molecule has 2 aromatic rings. The fourth-order valence-corrected chi connectivity index (χ4v) is 4.63. The first-order valence-electron chi connectivity index (χ1n) is 10.4. The standard InChI is InChI=1S/C24H25Cl2N3O3S/c1-5-32-23(31)19-15(4)27-24(29-22(19)16-10-7-11-17(25)20(16)26)33-12-18(30)28-21-13(2)8-6-9-14(21)3/h6-11,22H,5,12H2,1-4H3,(H,27,29)(H,28,30)/t22-/m1/s1. The van der Waals surface area contributed by atoms with Crippen molar-refractivity contribution in [2.75, 3.05) is 17.7 Å². The number of nitrogens with one attached hydrogen (secondary N) is 2. The number of rotatable bonds is 6. The van der Waals surface area contributed by atoms with Gasteiger partial charge in [0.25, 0.3) is 0 Å². The van der Waals surface area contributed by atoms with Gasteiger partial charge < -0.3 is 15.4 Å². The highest BCUT2D eigenvalue weighted by atomic mass is 35.5. The summed E-state index contributed by atoms with van der Waals surface area (Å²) in [6.07, 6.45) is 0. The number of halogens is 2. The van der Waals surface area contributed by atoms with Gasteiger partial charge in [0, 0.05) is 16.9 Å². The Morgan fingerprint density at radius 3 is 2.45 bits per heavy atom. The zero-order chi connectivity index (χ0) is 24.1. The van der Waals surface area contributed by atoms with E-state index in [1.807, 2.05) is 32.0 Å². The van der Waals surface area contributed by atoms with Crippen LogP contribution in [-0.2, 0) is 14.3 Å². The van der Waals surface area contributed by atoms with Crippen molar-refractivity contribution in [2.24, 2.45) is 4.99 Å². The smallest absolute Gasteiger partial charge is 0.338 e. The van der Waals surface area contributed by atoms with Gasteiger partial charge in [0.15, 0.2) is 5.17 Å². The van der Waals surface area contributed by atoms with Gasteiger partial charge in [-0.15, -0.1) is 0 Å². The van der Waals surface area contributed by atoms with Crippen LogP contribution in [0.2, 0.25) is 10.0 Å². The summed E-state index contributed by atoms with van der Waals surface area (Å²) in [4.78, 5) is 30.0. The van der Waals surface area contributed by atoms with Gasteiger partial charge in [0.1, 0.15) is 6.04 Å². The van der Waals surface area contributed by atoms with E-state index >= 15 is 0 Å². The molecule has 3 rings (SSSR count). The number of aliphatic imine (C=N–C) groups is 1. The van der Waals surface area contributed by atoms with Crippen LogP contribution in [0.25, 0.3) is 0 Å². The number of anilines is 1. The lowest BCUT2D eigenvalue weighted by Gasteiger charge is -2.26. The van der Waals surface area contributed by atoms with Gasteiger partial charge in [-0.1, -0.05) is 65.3 Å². The highest BCUT2D eigenvalue weighted by molar-refractivity contribution is 8.14. The van der Waals surface area contributed by atoms with Gasteiger partial charge in [-0.05, 0) is 44.9 Å². The van der Waals surface area contributed by atoms with Crippen molar-refractivity contribution >= 4 is 57.7 Å². The van der Waals surface area contributed by atoms with Crippen LogP contribution in [0.15, 0.2) is 52.7 Å². The lowest BCUT2D eigenvalue weighted by atomic mass is 9.96. The maximum Gasteiger partial charge on any atom is 0.338 e. The lowest BCUT2D eigenvalue weighted by Crippen LogP contribution is -2.31. The van der Waals surface area contributed by atoms with E-state index < -0.39 is 12.0 Å². The summed E-state index contributed by atoms with van der Waals surface area (Å²) in [7, 11) is 0. The molecule has 9 heteroatoms. The van der Waals surface area contributed by atoms with Crippen molar-refractivity contribution < 1.29 is 14.3 Å². The molecule has 0 saturated heterocycles. The molecule has 174 valence electrons. The number of allylic oxidation sites excluding steroid dienone is 1. The maximum absolute atomic E-state index is 12.7. The Hall–Kier alpha value is -2.48. The molecule has 0 saturated carbocycles. The number of hydrogen-bond donors (Lipinski definition) is 2. The summed E-state index contributed by atoms with van der Waals surface area (Å²) in [5.74, 6) is -0.501. The molecule has 1 atom stereocenters. The number of ether oxygens (including phenoxy) is 1. The maximum atomic E-state index is 12.7. The van der Waals surface area contributed by atoms with Gasteiger partial charge in [-0.3, -0.25) is 4.79 Å². The van der Waals surface area contributed by atoms with E-state index in [9.17, 15) is 9.59 Å². The van der Waals surface area contributed by atoms with Crippen LogP contribution in [0.1, 0.15) is 36.6 Å². The minimum Gasteiger partial charge on any atom is -0.463 e. The Morgan fingerprint density at radius 1 is 1.12 bits per heavy atom. The molecule has 0 aliphatic carbocycles. The van der Waals surface area contributed by atoms with Crippen molar-refractivity contribution in [3.8, 4) is 0 Å². The monoisotopic (exact) mass is 505 g/mol. The summed E-state index contributed by atoms with van der Waals surface area (Å²) < 4.78 is 5.24. The van der Waals surface area contributed by atoms with E-state index in [4.69, 9.17) is 27.9 Å². The summed E-state index contributed by atoms with van der Waals surface area (Å²) in [5, 5.41) is 7.27. The summed E-state index contributed by atoms with van der Waals surface area (Å²) in [6.45, 7) is 7.64. The molecule has 0 spiro atoms. The van der Waals surface area contributed by atoms with Crippen molar-refractivity contribution in [3.63, 3.8) is 0 Å². The molecule has 1 aliphatic rings. The highest BCUT2D eigenvalue weighted by Gasteiger charge is 2.32. The quantitative estimate of drug-likeness (QED) is 0.483. The van der Waals surface area contributed by atoms with Crippen LogP contribution in [0, 0.1) is 13.8 Å². The number of nitrogens with zero attached hydrogens (tertiary/aromatic N) is 1. The van der Waals surface area contributed by atoms with E-state index in [2.05, 4.69) is 15.6 Å². The molecule has 1 amide bonds. The van der Waals surface area contributed by atoms with E-state index in [1.165, 1.54) is 11.8 Å². The van der Waals surface area contributed by atoms with Crippen LogP contribution in [0.5, 0.6) is 0 Å². The minimum atomic E-state index is -0.708. The number of aryl methyl sites for hydroxylation is 2. The average Bonchev–Trinajstić information content (AvgIpc) is 2.76. The number of para-hydroxylation sites is 1. The molecule has 1 aliphatic heterocycles. The third-order valence-corrected chi connectivity index (χ3v) is 6.80. The molecule has 0 aromatic heterocycles. The number of carbonyl (C=O) groups is 2. The van der Waals surface area contributed by atoms with Crippen LogP contribution in [0.3, 0.4) is 0 Å². The number of benzene rings is 2. The van der Waals surface area contributed by atoms with E-state index in [1.54, 1.807) is 32.0 Å². The minimum absolute atomic E-state index is 0.137. The van der Waals surface area contributed by atoms with Crippen molar-refractivity contribution in [1.82, 2.24) is 5.32 Å². The zero-order valence-corrected chi connectivity index (χ0v) is 21.1. The SMILES string of the molecule is CCOC(=O)C1=C(C)NC(SCC(=O)Nc2c(C)cccc2C)=N[C@@H]1c1cccc(Cl)c1Cl. The van der Waals surface area contributed by atoms with Gasteiger partial charge in [0.05, 0.1) is 28.0 Å². The molecule has 0 unspecified atom stereocenters. The molecule has 2 aromatic carbocycles. The second-order valence-corrected chi connectivity index (χ2v) is 9.22. The molecule has 33 heavy (non-hydrogen) atoms. The number of hydrogen-bond acceptors (Lipinski definition) is 6. The predicted octanol–water partition coefficient (Wildman–Crippen LogP) is 5.82. The average molecular weight is 506 g/mol. The van der Waals surface area contributed by atoms with E-state index in [0.29, 0.717) is 32.0 Å². The second kappa shape index (κ2) is 11.1. The predicted molar refractivity (Wildman–Crippen MR) is 136 cm³/mol. The van der Waals surface area contributed by atoms with Crippen molar-refractivity contribution in [3.05, 3.63) is 74.4 Å². The van der Waals surface area contributed by atoms with Crippen molar-refractivity contribution in [2.45, 2.75) is 33.7 Å². The molecule has 1 heterocycles. The molecule has 0 fully saturated rings. The zero-order valence-electron chi connectivity index (χ0n) is 18.8. The molecular formula is C24H25Cl2N3O3S. The van der Waals surface area contributed by atoms with E-state index in [0.717, 1.165) is 16.8 Å². The Morgan fingerprint density at radius 2 is 1.79 bits per heavy atom. The molecule has 2 N–H and O–H groups in total. The van der Waals surface area contributed by atoms with Crippen LogP contribution < -0.4 is 10.6 Å². The van der Waals surface area contributed by atoms with Crippen LogP contribution in [-0.4, -0.2) is 29.4 Å². The first-order chi connectivity index (χ1) is 15.7. The van der Waals surface area contributed by atoms with Gasteiger partial charge >= 0.3 is 5.97 Å². The fourth-order valence-electron chi connectivity index (χ4n) is 3.47. The molecular weight excluding hydrogens is 481 g/mol. The molecule has 6 nitrogen and oxygen atoms in total. The first kappa shape index (κ1) is 25.1. The fraction of sp³-hybridized carbons (Fsp3) is 0.292. The third-order valence-electron chi connectivity index (χ3n) is 5.08. The Labute approximate surface area is 207 Å². The topological polar surface area (TPSA) is 79.8 Å². The van der Waals surface area contributed by atoms with Gasteiger partial charge in [0.2, 0.25) is 5.91 Å². The third kappa shape index (κ3) is 5.91. The number of amides is 1. The van der Waals surface area contributed by atoms with E-state index in [-0.39, 0.29) is 18.3 Å².